The molecule has 158 valence electrons. The van der Waals surface area contributed by atoms with Crippen molar-refractivity contribution in [3.8, 4) is 22.5 Å². The van der Waals surface area contributed by atoms with Crippen molar-refractivity contribution in [1.82, 2.24) is 9.97 Å². The number of hydrogen-bond donors (Lipinski definition) is 0. The SMILES string of the molecule is CC(C)(c1cccc(-c2ccc(F)cc2F)n1)c1cccc(-c2csc3ccccc23)n1. The molecule has 0 spiro atoms. The molecule has 0 saturated heterocycles. The van der Waals surface area contributed by atoms with Gasteiger partial charge in [-0.1, -0.05) is 30.3 Å². The van der Waals surface area contributed by atoms with Crippen molar-refractivity contribution in [3.05, 3.63) is 107 Å². The topological polar surface area (TPSA) is 25.8 Å². The highest BCUT2D eigenvalue weighted by atomic mass is 32.1. The van der Waals surface area contributed by atoms with E-state index in [0.717, 1.165) is 28.7 Å². The highest BCUT2D eigenvalue weighted by Crippen LogP contribution is 2.36. The lowest BCUT2D eigenvalue weighted by atomic mass is 9.84. The second-order valence-electron chi connectivity index (χ2n) is 8.21. The zero-order valence-electron chi connectivity index (χ0n) is 17.6. The Bertz CT molecular complexity index is 1440. The lowest BCUT2D eigenvalue weighted by Crippen LogP contribution is -2.22. The van der Waals surface area contributed by atoms with Gasteiger partial charge in [-0.2, -0.15) is 0 Å². The van der Waals surface area contributed by atoms with Crippen LogP contribution in [0, 0.1) is 11.6 Å². The second-order valence-corrected chi connectivity index (χ2v) is 9.12. The first-order valence-corrected chi connectivity index (χ1v) is 11.2. The Kier molecular flexibility index (Phi) is 5.06. The summed E-state index contributed by atoms with van der Waals surface area (Å²) in [6.45, 7) is 4.11. The number of fused-ring (bicyclic) bond motifs is 1. The molecule has 0 bridgehead atoms. The van der Waals surface area contributed by atoms with Gasteiger partial charge >= 0.3 is 0 Å². The Morgan fingerprint density at radius 1 is 0.719 bits per heavy atom. The third-order valence-corrected chi connectivity index (χ3v) is 6.71. The van der Waals surface area contributed by atoms with Gasteiger partial charge in [0, 0.05) is 38.1 Å². The number of pyridine rings is 2. The molecule has 5 rings (SSSR count). The first-order chi connectivity index (χ1) is 15.4. The normalized spacial score (nSPS) is 11.8. The Labute approximate surface area is 189 Å². The molecule has 32 heavy (non-hydrogen) atoms. The lowest BCUT2D eigenvalue weighted by molar-refractivity contribution is 0.583. The molecule has 5 heteroatoms. The van der Waals surface area contributed by atoms with E-state index in [1.165, 1.54) is 22.2 Å². The molecule has 0 saturated carbocycles. The van der Waals surface area contributed by atoms with E-state index in [-0.39, 0.29) is 5.56 Å². The molecule has 0 atom stereocenters. The largest absolute Gasteiger partial charge is 0.252 e. The van der Waals surface area contributed by atoms with Crippen LogP contribution in [0.5, 0.6) is 0 Å². The molecule has 0 N–H and O–H groups in total. The van der Waals surface area contributed by atoms with Crippen molar-refractivity contribution in [3.63, 3.8) is 0 Å². The van der Waals surface area contributed by atoms with Crippen molar-refractivity contribution in [2.45, 2.75) is 19.3 Å². The zero-order valence-corrected chi connectivity index (χ0v) is 18.5. The van der Waals surface area contributed by atoms with Crippen LogP contribution in [0.15, 0.2) is 84.2 Å². The van der Waals surface area contributed by atoms with Gasteiger partial charge in [0.2, 0.25) is 0 Å². The summed E-state index contributed by atoms with van der Waals surface area (Å²) in [5, 5.41) is 3.33. The molecule has 0 aliphatic carbocycles. The molecule has 0 aliphatic heterocycles. The Balaban J connectivity index is 1.56. The van der Waals surface area contributed by atoms with E-state index in [4.69, 9.17) is 9.97 Å². The van der Waals surface area contributed by atoms with E-state index in [1.807, 2.05) is 42.5 Å². The van der Waals surface area contributed by atoms with E-state index in [0.29, 0.717) is 5.69 Å². The Hall–Kier alpha value is -3.44. The van der Waals surface area contributed by atoms with Crippen LogP contribution in [0.2, 0.25) is 0 Å². The number of hydrogen-bond acceptors (Lipinski definition) is 3. The molecule has 0 amide bonds. The number of aromatic nitrogens is 2. The van der Waals surface area contributed by atoms with Crippen LogP contribution < -0.4 is 0 Å². The number of halogens is 2. The summed E-state index contributed by atoms with van der Waals surface area (Å²) in [6.07, 6.45) is 0. The third-order valence-electron chi connectivity index (χ3n) is 5.74. The molecule has 3 heterocycles. The maximum Gasteiger partial charge on any atom is 0.135 e. The Morgan fingerprint density at radius 3 is 2.06 bits per heavy atom. The number of nitrogens with zero attached hydrogens (tertiary/aromatic N) is 2. The fourth-order valence-electron chi connectivity index (χ4n) is 3.87. The van der Waals surface area contributed by atoms with Gasteiger partial charge in [-0.05, 0) is 56.3 Å². The maximum absolute atomic E-state index is 14.3. The van der Waals surface area contributed by atoms with E-state index < -0.39 is 17.0 Å². The summed E-state index contributed by atoms with van der Waals surface area (Å²) >= 11 is 1.71. The van der Waals surface area contributed by atoms with Crippen LogP contribution in [-0.4, -0.2) is 9.97 Å². The van der Waals surface area contributed by atoms with Crippen molar-refractivity contribution >= 4 is 21.4 Å². The van der Waals surface area contributed by atoms with E-state index in [1.54, 1.807) is 17.4 Å². The fraction of sp³-hybridized carbons (Fsp3) is 0.111. The summed E-state index contributed by atoms with van der Waals surface area (Å²) in [6, 6.07) is 23.4. The van der Waals surface area contributed by atoms with Gasteiger partial charge in [-0.3, -0.25) is 9.97 Å². The minimum absolute atomic E-state index is 0.274. The quantitative estimate of drug-likeness (QED) is 0.286. The van der Waals surface area contributed by atoms with Crippen LogP contribution in [0.25, 0.3) is 32.6 Å². The van der Waals surface area contributed by atoms with Crippen molar-refractivity contribution in [2.75, 3.05) is 0 Å². The first kappa shape index (κ1) is 20.5. The molecule has 5 aromatic rings. The monoisotopic (exact) mass is 442 g/mol. The standard InChI is InChI=1S/C27H20F2N2S/c1-27(2,25-11-5-8-22(30-25)19-14-13-17(28)15-21(19)29)26-12-6-9-23(31-26)20-16-32-24-10-4-3-7-18(20)24/h3-16H,1-2H3. The molecule has 2 aromatic carbocycles. The minimum Gasteiger partial charge on any atom is -0.252 e. The van der Waals surface area contributed by atoms with Gasteiger partial charge in [0.1, 0.15) is 11.6 Å². The summed E-state index contributed by atoms with van der Waals surface area (Å²) in [5.41, 5.74) is 3.87. The highest BCUT2D eigenvalue weighted by Gasteiger charge is 2.27. The van der Waals surface area contributed by atoms with Crippen molar-refractivity contribution < 1.29 is 8.78 Å². The summed E-state index contributed by atoms with van der Waals surface area (Å²) < 4.78 is 28.9. The van der Waals surface area contributed by atoms with E-state index in [2.05, 4.69) is 31.4 Å². The summed E-state index contributed by atoms with van der Waals surface area (Å²) in [4.78, 5) is 9.71. The average Bonchev–Trinajstić information content (AvgIpc) is 3.23. The van der Waals surface area contributed by atoms with Crippen LogP contribution in [0.4, 0.5) is 8.78 Å². The molecule has 2 nitrogen and oxygen atoms in total. The molecule has 0 unspecified atom stereocenters. The van der Waals surface area contributed by atoms with Gasteiger partial charge in [0.15, 0.2) is 0 Å². The predicted molar refractivity (Wildman–Crippen MR) is 127 cm³/mol. The maximum atomic E-state index is 14.3. The van der Waals surface area contributed by atoms with Gasteiger partial charge in [0.05, 0.1) is 22.8 Å². The molecular weight excluding hydrogens is 422 g/mol. The molecule has 0 fully saturated rings. The van der Waals surface area contributed by atoms with Crippen molar-refractivity contribution in [1.29, 1.82) is 0 Å². The van der Waals surface area contributed by atoms with Crippen LogP contribution >= 0.6 is 11.3 Å². The molecular formula is C27H20F2N2S. The van der Waals surface area contributed by atoms with Crippen LogP contribution in [0.3, 0.4) is 0 Å². The smallest absolute Gasteiger partial charge is 0.135 e. The summed E-state index contributed by atoms with van der Waals surface area (Å²) in [7, 11) is 0. The molecule has 0 radical (unpaired) electrons. The minimum atomic E-state index is -0.628. The molecule has 3 aromatic heterocycles. The highest BCUT2D eigenvalue weighted by molar-refractivity contribution is 7.17. The van der Waals surface area contributed by atoms with Gasteiger partial charge in [-0.25, -0.2) is 8.78 Å². The average molecular weight is 443 g/mol. The van der Waals surface area contributed by atoms with E-state index in [9.17, 15) is 8.78 Å². The van der Waals surface area contributed by atoms with Crippen LogP contribution in [-0.2, 0) is 5.41 Å². The number of benzene rings is 2. The fourth-order valence-corrected chi connectivity index (χ4v) is 4.82. The Morgan fingerprint density at radius 2 is 1.38 bits per heavy atom. The number of rotatable bonds is 4. The molecule has 0 aliphatic rings. The first-order valence-electron chi connectivity index (χ1n) is 10.3. The zero-order chi connectivity index (χ0) is 22.3. The number of thiophene rings is 1. The van der Waals surface area contributed by atoms with Crippen LogP contribution in [0.1, 0.15) is 25.2 Å². The van der Waals surface area contributed by atoms with Gasteiger partial charge in [0.25, 0.3) is 0 Å². The van der Waals surface area contributed by atoms with Gasteiger partial charge in [-0.15, -0.1) is 11.3 Å². The van der Waals surface area contributed by atoms with E-state index >= 15 is 0 Å². The predicted octanol–water partition coefficient (Wildman–Crippen LogP) is 7.63. The lowest BCUT2D eigenvalue weighted by Gasteiger charge is -2.24. The third kappa shape index (κ3) is 3.59. The summed E-state index contributed by atoms with van der Waals surface area (Å²) in [5.74, 6) is -1.23. The van der Waals surface area contributed by atoms with Crippen molar-refractivity contribution in [2.24, 2.45) is 0 Å². The second kappa shape index (κ2) is 7.92. The van der Waals surface area contributed by atoms with Gasteiger partial charge < -0.3 is 0 Å².